The van der Waals surface area contributed by atoms with E-state index in [1.807, 2.05) is 0 Å². The summed E-state index contributed by atoms with van der Waals surface area (Å²) in [4.78, 5) is 89.5. The van der Waals surface area contributed by atoms with Crippen LogP contribution in [-0.4, -0.2) is 141 Å². The SMILES string of the molecule is C=CCO[C@@H]1O[C@@H](COC(C)=O)[C@@H](OC(C)=O)[C@@H](O[C@@H]2O[C@H](COC(C)=O)[C@@H](OC(C)=O)[C@H](OS(=O)(=O)[O-])[C@H]2N2C(=O)c3ccccc3C2=O)[C@@H]1OC(C)=O.[Na+]. The van der Waals surface area contributed by atoms with Crippen molar-refractivity contribution in [3.8, 4) is 0 Å². The number of benzene rings is 1. The van der Waals surface area contributed by atoms with Gasteiger partial charge in [-0.25, -0.2) is 8.42 Å². The zero-order valence-electron chi connectivity index (χ0n) is 31.0. The van der Waals surface area contributed by atoms with Gasteiger partial charge in [-0.15, -0.1) is 6.58 Å². The Balaban J connectivity index is 0.00000841. The first-order valence-electron chi connectivity index (χ1n) is 16.4. The van der Waals surface area contributed by atoms with Gasteiger partial charge < -0.3 is 47.2 Å². The summed E-state index contributed by atoms with van der Waals surface area (Å²) in [7, 11) is -5.81. The molecule has 3 heterocycles. The van der Waals surface area contributed by atoms with Gasteiger partial charge in [0.15, 0.2) is 30.9 Å². The molecule has 0 saturated carbocycles. The Bertz CT molecular complexity index is 1750. The molecule has 0 aromatic heterocycles. The van der Waals surface area contributed by atoms with Crippen LogP contribution in [0.5, 0.6) is 0 Å². The van der Waals surface area contributed by atoms with Gasteiger partial charge in [0.25, 0.3) is 11.8 Å². The van der Waals surface area contributed by atoms with Crippen LogP contribution >= 0.6 is 0 Å². The van der Waals surface area contributed by atoms with Crippen LogP contribution in [0.15, 0.2) is 36.9 Å². The quantitative estimate of drug-likeness (QED) is 0.0315. The summed E-state index contributed by atoms with van der Waals surface area (Å²) in [5.74, 6) is -6.85. The van der Waals surface area contributed by atoms with Crippen molar-refractivity contribution in [3.05, 3.63) is 48.0 Å². The fourth-order valence-corrected chi connectivity index (χ4v) is 6.63. The maximum atomic E-state index is 14.0. The molecule has 0 radical (unpaired) electrons. The minimum Gasteiger partial charge on any atom is -0.726 e. The smallest absolute Gasteiger partial charge is 0.726 e. The minimum absolute atomic E-state index is 0. The van der Waals surface area contributed by atoms with Crippen LogP contribution in [0.3, 0.4) is 0 Å². The zero-order chi connectivity index (χ0) is 40.8. The molecule has 302 valence electrons. The molecule has 3 aliphatic heterocycles. The number of carbonyl (C=O) groups is 7. The second kappa shape index (κ2) is 20.0. The predicted molar refractivity (Wildman–Crippen MR) is 174 cm³/mol. The molecule has 2 saturated heterocycles. The molecule has 23 heteroatoms. The fourth-order valence-electron chi connectivity index (χ4n) is 6.14. The van der Waals surface area contributed by atoms with E-state index in [0.29, 0.717) is 4.90 Å². The Morgan fingerprint density at radius 2 is 1.18 bits per heavy atom. The van der Waals surface area contributed by atoms with Crippen molar-refractivity contribution in [1.29, 1.82) is 0 Å². The molecule has 10 atom stereocenters. The molecule has 1 aromatic carbocycles. The first-order valence-corrected chi connectivity index (χ1v) is 17.7. The number of carbonyl (C=O) groups excluding carboxylic acids is 7. The van der Waals surface area contributed by atoms with E-state index in [1.165, 1.54) is 30.3 Å². The van der Waals surface area contributed by atoms with Crippen molar-refractivity contribution in [2.24, 2.45) is 0 Å². The van der Waals surface area contributed by atoms with E-state index in [0.717, 1.165) is 34.6 Å². The van der Waals surface area contributed by atoms with Gasteiger partial charge >= 0.3 is 59.4 Å². The Morgan fingerprint density at radius 3 is 1.61 bits per heavy atom. The molecule has 0 N–H and O–H groups in total. The number of fused-ring (bicyclic) bond motifs is 1. The number of hydrogen-bond acceptors (Lipinski definition) is 20. The molecule has 2 amide bonds. The van der Waals surface area contributed by atoms with E-state index >= 15 is 0 Å². The third-order valence-electron chi connectivity index (χ3n) is 8.04. The van der Waals surface area contributed by atoms with Crippen LogP contribution in [0.4, 0.5) is 0 Å². The molecule has 0 bridgehead atoms. The number of esters is 5. The fraction of sp³-hybridized carbons (Fsp3) is 0.545. The molecule has 0 aliphatic carbocycles. The van der Waals surface area contributed by atoms with E-state index < -0.39 is 127 Å². The molecule has 21 nitrogen and oxygen atoms in total. The van der Waals surface area contributed by atoms with Gasteiger partial charge in [0.05, 0.1) is 17.7 Å². The Morgan fingerprint density at radius 1 is 0.732 bits per heavy atom. The third kappa shape index (κ3) is 11.6. The second-order valence-electron chi connectivity index (χ2n) is 12.1. The molecular formula is C33H38NNaO20S. The number of nitrogens with zero attached hydrogens (tertiary/aromatic N) is 1. The van der Waals surface area contributed by atoms with Crippen LogP contribution in [0.25, 0.3) is 0 Å². The summed E-state index contributed by atoms with van der Waals surface area (Å²) < 4.78 is 92.5. The molecule has 4 rings (SSSR count). The van der Waals surface area contributed by atoms with E-state index in [4.69, 9.17) is 46.8 Å². The Kier molecular flexibility index (Phi) is 16.6. The molecule has 56 heavy (non-hydrogen) atoms. The van der Waals surface area contributed by atoms with Gasteiger partial charge in [0.2, 0.25) is 10.4 Å². The zero-order valence-corrected chi connectivity index (χ0v) is 33.8. The standard InChI is InChI=1S/C33H39NO20S.Na/c1-7-12-45-33-29(50-19(6)39)28(26(49-18(5)38)23(52-33)14-47-16(3)36)53-32-24(34-30(40)20-10-8-9-11-21(20)31(34)41)27(54-55(42,43)44)25(48-17(4)37)22(51-32)13-46-15(2)35;/h7-11,22-29,32-33H,1,12-14H2,2-6H3,(H,42,43,44);/q;+1/p-1/t22-,23+,24-,25-,26-,27-,28-,29+,32+,33-;/m1./s1. The van der Waals surface area contributed by atoms with Crippen molar-refractivity contribution >= 4 is 52.1 Å². The molecular weight excluding hydrogens is 785 g/mol. The van der Waals surface area contributed by atoms with Crippen LogP contribution in [0, 0.1) is 0 Å². The van der Waals surface area contributed by atoms with E-state index in [9.17, 15) is 46.5 Å². The number of amides is 2. The predicted octanol–water partition coefficient (Wildman–Crippen LogP) is -3.54. The number of ether oxygens (including phenoxy) is 9. The van der Waals surface area contributed by atoms with E-state index in [1.54, 1.807) is 0 Å². The maximum absolute atomic E-state index is 14.0. The van der Waals surface area contributed by atoms with Crippen molar-refractivity contribution in [2.45, 2.75) is 96.0 Å². The van der Waals surface area contributed by atoms with Crippen LogP contribution in [-0.2, 0) is 81.2 Å². The van der Waals surface area contributed by atoms with Crippen molar-refractivity contribution in [2.75, 3.05) is 19.8 Å². The summed E-state index contributed by atoms with van der Waals surface area (Å²) in [5, 5.41) is 0. The topological polar surface area (TPSA) is 272 Å². The first-order chi connectivity index (χ1) is 25.8. The Labute approximate surface area is 342 Å². The summed E-state index contributed by atoms with van der Waals surface area (Å²) in [6.45, 7) is 6.82. The molecule has 0 unspecified atom stereocenters. The van der Waals surface area contributed by atoms with Crippen molar-refractivity contribution < 1.29 is 123 Å². The molecule has 3 aliphatic rings. The summed E-state index contributed by atoms with van der Waals surface area (Å²) in [6, 6.07) is 3.22. The maximum Gasteiger partial charge on any atom is 1.00 e. The van der Waals surface area contributed by atoms with Crippen LogP contribution < -0.4 is 29.6 Å². The van der Waals surface area contributed by atoms with Gasteiger partial charge in [-0.3, -0.25) is 42.6 Å². The molecule has 2 fully saturated rings. The van der Waals surface area contributed by atoms with E-state index in [-0.39, 0.29) is 47.3 Å². The minimum atomic E-state index is -5.81. The number of hydrogen-bond donors (Lipinski definition) is 0. The van der Waals surface area contributed by atoms with Gasteiger partial charge in [0, 0.05) is 34.6 Å². The summed E-state index contributed by atoms with van der Waals surface area (Å²) in [5.41, 5.74) is -0.357. The molecule has 1 aromatic rings. The van der Waals surface area contributed by atoms with Gasteiger partial charge in [-0.05, 0) is 12.1 Å². The number of imide groups is 1. The third-order valence-corrected chi connectivity index (χ3v) is 8.49. The monoisotopic (exact) mass is 823 g/mol. The average molecular weight is 824 g/mol. The van der Waals surface area contributed by atoms with Crippen LogP contribution in [0.1, 0.15) is 55.3 Å². The van der Waals surface area contributed by atoms with Gasteiger partial charge in [-0.2, -0.15) is 0 Å². The number of rotatable bonds is 15. The average Bonchev–Trinajstić information content (AvgIpc) is 3.32. The Hall–Kier alpha value is -3.84. The van der Waals surface area contributed by atoms with Crippen molar-refractivity contribution in [3.63, 3.8) is 0 Å². The largest absolute Gasteiger partial charge is 1.00 e. The second-order valence-corrected chi connectivity index (χ2v) is 13.1. The normalized spacial score (nSPS) is 28.6. The van der Waals surface area contributed by atoms with Gasteiger partial charge in [-0.1, -0.05) is 18.2 Å². The van der Waals surface area contributed by atoms with Gasteiger partial charge in [0.1, 0.15) is 43.7 Å². The first kappa shape index (κ1) is 46.5. The summed E-state index contributed by atoms with van der Waals surface area (Å²) >= 11 is 0. The summed E-state index contributed by atoms with van der Waals surface area (Å²) in [6.07, 6.45) is -15.4. The van der Waals surface area contributed by atoms with Crippen LogP contribution in [0.2, 0.25) is 0 Å². The molecule has 0 spiro atoms. The van der Waals surface area contributed by atoms with E-state index in [2.05, 4.69) is 6.58 Å². The van der Waals surface area contributed by atoms with Crippen molar-refractivity contribution in [1.82, 2.24) is 4.90 Å².